The van der Waals surface area contributed by atoms with E-state index in [-0.39, 0.29) is 24.0 Å². The van der Waals surface area contributed by atoms with Crippen molar-refractivity contribution in [1.82, 2.24) is 4.90 Å². The van der Waals surface area contributed by atoms with Crippen molar-refractivity contribution >= 4 is 11.7 Å². The van der Waals surface area contributed by atoms with Gasteiger partial charge in [0, 0.05) is 13.2 Å². The fourth-order valence-corrected chi connectivity index (χ4v) is 4.46. The summed E-state index contributed by atoms with van der Waals surface area (Å²) in [6, 6.07) is 19.4. The molecular formula is C27H25NO6. The highest BCUT2D eigenvalue weighted by Gasteiger charge is 2.45. The highest BCUT2D eigenvalue weighted by atomic mass is 16.5. The van der Waals surface area contributed by atoms with Crippen LogP contribution in [0.25, 0.3) is 0 Å². The van der Waals surface area contributed by atoms with Crippen LogP contribution in [0.1, 0.15) is 40.6 Å². The molecule has 3 aromatic rings. The minimum Gasteiger partial charge on any atom is -0.503 e. The fourth-order valence-electron chi connectivity index (χ4n) is 4.46. The number of ketones is 1. The van der Waals surface area contributed by atoms with Crippen LogP contribution in [0.15, 0.2) is 88.7 Å². The van der Waals surface area contributed by atoms with Gasteiger partial charge in [-0.2, -0.15) is 0 Å². The van der Waals surface area contributed by atoms with Gasteiger partial charge < -0.3 is 23.9 Å². The number of ether oxygens (including phenoxy) is 2. The van der Waals surface area contributed by atoms with Crippen molar-refractivity contribution in [1.29, 1.82) is 0 Å². The second-order valence-corrected chi connectivity index (χ2v) is 8.41. The monoisotopic (exact) mass is 459 g/mol. The standard InChI is InChI=1S/C27H25NO6/c29-25(22-9-5-15-33-22)23-24(28(27(31)26(23)30)16-21-8-4-14-32-21)19-10-12-20(13-11-19)34-17-18-6-2-1-3-7-18/h1-3,5-7,9-13,15,21,24,30H,4,8,14,16-17H2/t21-,24+/m1/s1. The Bertz CT molecular complexity index is 1180. The third-order valence-electron chi connectivity index (χ3n) is 6.16. The van der Waals surface area contributed by atoms with Gasteiger partial charge in [-0.05, 0) is 48.2 Å². The predicted octanol–water partition coefficient (Wildman–Crippen LogP) is 4.62. The Morgan fingerprint density at radius 2 is 1.85 bits per heavy atom. The number of aliphatic hydroxyl groups is 1. The molecule has 174 valence electrons. The van der Waals surface area contributed by atoms with Crippen LogP contribution in [0.3, 0.4) is 0 Å². The zero-order valence-electron chi connectivity index (χ0n) is 18.6. The Hall–Kier alpha value is -3.84. The lowest BCUT2D eigenvalue weighted by Crippen LogP contribution is -2.37. The van der Waals surface area contributed by atoms with E-state index in [1.165, 1.54) is 17.2 Å². The molecule has 5 rings (SSSR count). The summed E-state index contributed by atoms with van der Waals surface area (Å²) in [6.45, 7) is 1.35. The number of rotatable bonds is 8. The van der Waals surface area contributed by atoms with Crippen LogP contribution in [0.4, 0.5) is 0 Å². The molecule has 2 aliphatic rings. The second kappa shape index (κ2) is 9.57. The van der Waals surface area contributed by atoms with Gasteiger partial charge in [-0.25, -0.2) is 0 Å². The van der Waals surface area contributed by atoms with Crippen LogP contribution in [-0.4, -0.2) is 41.0 Å². The normalized spacial score (nSPS) is 20.2. The molecule has 34 heavy (non-hydrogen) atoms. The largest absolute Gasteiger partial charge is 0.503 e. The third-order valence-corrected chi connectivity index (χ3v) is 6.16. The van der Waals surface area contributed by atoms with E-state index >= 15 is 0 Å². The van der Waals surface area contributed by atoms with Crippen molar-refractivity contribution in [3.8, 4) is 5.75 Å². The van der Waals surface area contributed by atoms with Crippen LogP contribution in [-0.2, 0) is 16.1 Å². The zero-order valence-corrected chi connectivity index (χ0v) is 18.6. The summed E-state index contributed by atoms with van der Waals surface area (Å²) >= 11 is 0. The van der Waals surface area contributed by atoms with Crippen molar-refractivity contribution in [2.45, 2.75) is 31.6 Å². The minimum atomic E-state index is -0.752. The van der Waals surface area contributed by atoms with Crippen molar-refractivity contribution < 1.29 is 28.6 Å². The van der Waals surface area contributed by atoms with E-state index in [1.807, 2.05) is 42.5 Å². The number of amides is 1. The molecule has 0 unspecified atom stereocenters. The summed E-state index contributed by atoms with van der Waals surface area (Å²) in [5.74, 6) is -0.912. The van der Waals surface area contributed by atoms with Gasteiger partial charge in [0.15, 0.2) is 11.5 Å². The lowest BCUT2D eigenvalue weighted by molar-refractivity contribution is -0.131. The first kappa shape index (κ1) is 22.0. The smallest absolute Gasteiger partial charge is 0.290 e. The van der Waals surface area contributed by atoms with E-state index in [0.29, 0.717) is 24.5 Å². The molecule has 7 heteroatoms. The summed E-state index contributed by atoms with van der Waals surface area (Å²) in [4.78, 5) is 27.8. The highest BCUT2D eigenvalue weighted by Crippen LogP contribution is 2.40. The van der Waals surface area contributed by atoms with Gasteiger partial charge in [0.05, 0.1) is 24.0 Å². The zero-order chi connectivity index (χ0) is 23.5. The van der Waals surface area contributed by atoms with Crippen LogP contribution < -0.4 is 4.74 Å². The molecule has 0 saturated carbocycles. The fraction of sp³-hybridized carbons (Fsp3) is 0.259. The lowest BCUT2D eigenvalue weighted by Gasteiger charge is -2.28. The number of benzene rings is 2. The summed E-state index contributed by atoms with van der Waals surface area (Å²) < 4.78 is 16.9. The predicted molar refractivity (Wildman–Crippen MR) is 123 cm³/mol. The van der Waals surface area contributed by atoms with Gasteiger partial charge in [-0.3, -0.25) is 9.59 Å². The average molecular weight is 459 g/mol. The quantitative estimate of drug-likeness (QED) is 0.495. The van der Waals surface area contributed by atoms with E-state index in [0.717, 1.165) is 18.4 Å². The first-order valence-electron chi connectivity index (χ1n) is 11.3. The Kier molecular flexibility index (Phi) is 6.18. The highest BCUT2D eigenvalue weighted by molar-refractivity contribution is 6.15. The van der Waals surface area contributed by atoms with Crippen molar-refractivity contribution in [2.75, 3.05) is 13.2 Å². The van der Waals surface area contributed by atoms with Crippen LogP contribution in [0.5, 0.6) is 5.75 Å². The molecule has 2 atom stereocenters. The molecule has 7 nitrogen and oxygen atoms in total. The third kappa shape index (κ3) is 4.34. The van der Waals surface area contributed by atoms with Gasteiger partial charge in [-0.15, -0.1) is 0 Å². The number of Topliss-reactive ketones (excluding diaryl/α,β-unsaturated/α-hetero) is 1. The summed E-state index contributed by atoms with van der Waals surface area (Å²) in [5, 5.41) is 10.7. The van der Waals surface area contributed by atoms with E-state index in [9.17, 15) is 14.7 Å². The first-order valence-corrected chi connectivity index (χ1v) is 11.3. The van der Waals surface area contributed by atoms with Crippen molar-refractivity contribution in [3.63, 3.8) is 0 Å². The molecule has 0 bridgehead atoms. The first-order chi connectivity index (χ1) is 16.6. The van der Waals surface area contributed by atoms with Crippen molar-refractivity contribution in [3.05, 3.63) is 101 Å². The van der Waals surface area contributed by atoms with Gasteiger partial charge in [0.25, 0.3) is 5.91 Å². The Morgan fingerprint density at radius 1 is 1.06 bits per heavy atom. The number of nitrogens with zero attached hydrogens (tertiary/aromatic N) is 1. The van der Waals surface area contributed by atoms with Gasteiger partial charge >= 0.3 is 0 Å². The molecule has 0 radical (unpaired) electrons. The molecule has 3 heterocycles. The van der Waals surface area contributed by atoms with Gasteiger partial charge in [-0.1, -0.05) is 42.5 Å². The summed E-state index contributed by atoms with van der Waals surface area (Å²) in [5.41, 5.74) is 1.75. The molecule has 1 N–H and O–H groups in total. The number of carbonyl (C=O) groups excluding carboxylic acids is 2. The van der Waals surface area contributed by atoms with Crippen LogP contribution in [0.2, 0.25) is 0 Å². The van der Waals surface area contributed by atoms with E-state index in [2.05, 4.69) is 0 Å². The number of carbonyl (C=O) groups is 2. The molecule has 1 fully saturated rings. The molecule has 1 amide bonds. The molecule has 0 aliphatic carbocycles. The van der Waals surface area contributed by atoms with Gasteiger partial charge in [0.2, 0.25) is 5.78 Å². The topological polar surface area (TPSA) is 89.2 Å². The molecule has 0 spiro atoms. The number of aliphatic hydroxyl groups excluding tert-OH is 1. The Balaban J connectivity index is 1.43. The number of hydrogen-bond donors (Lipinski definition) is 1. The lowest BCUT2D eigenvalue weighted by atomic mass is 9.95. The molecule has 1 aromatic heterocycles. The summed E-state index contributed by atoms with van der Waals surface area (Å²) in [7, 11) is 0. The maximum atomic E-state index is 13.2. The molecular weight excluding hydrogens is 434 g/mol. The SMILES string of the molecule is O=C(C1=C(O)C(=O)N(C[C@H]2CCCO2)[C@H]1c1ccc(OCc2ccccc2)cc1)c1ccco1. The minimum absolute atomic E-state index is 0.0101. The van der Waals surface area contributed by atoms with Gasteiger partial charge in [0.1, 0.15) is 12.4 Å². The number of hydrogen-bond acceptors (Lipinski definition) is 6. The van der Waals surface area contributed by atoms with Crippen LogP contribution >= 0.6 is 0 Å². The molecule has 2 aromatic carbocycles. The maximum Gasteiger partial charge on any atom is 0.290 e. The number of furan rings is 1. The summed E-state index contributed by atoms with van der Waals surface area (Å²) in [6.07, 6.45) is 3.00. The molecule has 1 saturated heterocycles. The second-order valence-electron chi connectivity index (χ2n) is 8.41. The van der Waals surface area contributed by atoms with E-state index in [1.54, 1.807) is 18.2 Å². The Labute approximate surface area is 197 Å². The average Bonchev–Trinajstić information content (AvgIpc) is 3.63. The van der Waals surface area contributed by atoms with E-state index < -0.39 is 23.5 Å². The Morgan fingerprint density at radius 3 is 2.53 bits per heavy atom. The van der Waals surface area contributed by atoms with Crippen molar-refractivity contribution in [2.24, 2.45) is 0 Å². The van der Waals surface area contributed by atoms with Crippen LogP contribution in [0, 0.1) is 0 Å². The van der Waals surface area contributed by atoms with E-state index in [4.69, 9.17) is 13.9 Å². The molecule has 2 aliphatic heterocycles. The maximum absolute atomic E-state index is 13.2.